The van der Waals surface area contributed by atoms with Crippen molar-refractivity contribution in [2.24, 2.45) is 0 Å². The lowest BCUT2D eigenvalue weighted by Gasteiger charge is -2.29. The first-order valence-corrected chi connectivity index (χ1v) is 8.79. The van der Waals surface area contributed by atoms with Crippen LogP contribution in [0.3, 0.4) is 0 Å². The Kier molecular flexibility index (Phi) is 6.82. The Balaban J connectivity index is 0.00000243. The lowest BCUT2D eigenvalue weighted by Crippen LogP contribution is -2.47. The van der Waals surface area contributed by atoms with Crippen LogP contribution in [0.5, 0.6) is 0 Å². The van der Waals surface area contributed by atoms with Gasteiger partial charge in [0.05, 0.1) is 23.7 Å². The molecule has 2 heterocycles. The number of alkyl halides is 2. The number of likely N-dealkylation sites (N-methyl/N-ethyl adjacent to an activating group) is 1. The van der Waals surface area contributed by atoms with Crippen LogP contribution in [0.4, 0.5) is 13.2 Å². The Hall–Kier alpha value is -1.02. The van der Waals surface area contributed by atoms with E-state index in [9.17, 15) is 18.0 Å². The van der Waals surface area contributed by atoms with Crippen molar-refractivity contribution in [1.82, 2.24) is 15.5 Å². The van der Waals surface area contributed by atoms with Crippen LogP contribution < -0.4 is 10.6 Å². The van der Waals surface area contributed by atoms with E-state index >= 15 is 0 Å². The first kappa shape index (κ1) is 21.3. The molecule has 0 radical (unpaired) electrons. The number of benzene rings is 1. The Morgan fingerprint density at radius 3 is 2.77 bits per heavy atom. The van der Waals surface area contributed by atoms with E-state index in [-0.39, 0.29) is 29.5 Å². The van der Waals surface area contributed by atoms with Gasteiger partial charge in [0.15, 0.2) is 0 Å². The number of rotatable bonds is 4. The Morgan fingerprint density at radius 1 is 1.46 bits per heavy atom. The molecule has 9 heteroatoms. The van der Waals surface area contributed by atoms with Gasteiger partial charge in [-0.05, 0) is 30.7 Å². The normalized spacial score (nSPS) is 28.0. The quantitative estimate of drug-likeness (QED) is 0.799. The van der Waals surface area contributed by atoms with Crippen molar-refractivity contribution in [2.75, 3.05) is 19.6 Å². The summed E-state index contributed by atoms with van der Waals surface area (Å²) in [5.74, 6) is -3.80. The molecule has 1 aromatic rings. The van der Waals surface area contributed by atoms with Crippen molar-refractivity contribution in [2.45, 2.75) is 43.8 Å². The Labute approximate surface area is 161 Å². The second-order valence-corrected chi connectivity index (χ2v) is 7.05. The summed E-state index contributed by atoms with van der Waals surface area (Å²) >= 11 is 5.75. The number of nitrogens with zero attached hydrogens (tertiary/aromatic N) is 1. The molecule has 3 rings (SSSR count). The molecule has 3 atom stereocenters. The predicted octanol–water partition coefficient (Wildman–Crippen LogP) is 3.15. The molecule has 1 amide bonds. The van der Waals surface area contributed by atoms with Gasteiger partial charge in [0.25, 0.3) is 5.92 Å². The van der Waals surface area contributed by atoms with Crippen LogP contribution in [-0.4, -0.2) is 48.4 Å². The summed E-state index contributed by atoms with van der Waals surface area (Å²) in [7, 11) is 0. The molecule has 2 saturated heterocycles. The lowest BCUT2D eigenvalue weighted by molar-refractivity contribution is -0.124. The number of hydrogen-bond acceptors (Lipinski definition) is 3. The second kappa shape index (κ2) is 8.33. The van der Waals surface area contributed by atoms with E-state index in [1.54, 1.807) is 6.07 Å². The topological polar surface area (TPSA) is 44.4 Å². The van der Waals surface area contributed by atoms with Crippen molar-refractivity contribution in [3.8, 4) is 0 Å². The molecule has 0 aromatic heterocycles. The third-order valence-electron chi connectivity index (χ3n) is 4.95. The van der Waals surface area contributed by atoms with Gasteiger partial charge in [-0.25, -0.2) is 13.2 Å². The van der Waals surface area contributed by atoms with Gasteiger partial charge in [0.1, 0.15) is 5.82 Å². The second-order valence-electron chi connectivity index (χ2n) is 6.64. The van der Waals surface area contributed by atoms with Crippen LogP contribution in [-0.2, 0) is 4.79 Å². The highest BCUT2D eigenvalue weighted by atomic mass is 35.5. The minimum Gasteiger partial charge on any atom is -0.350 e. The number of nitrogens with one attached hydrogen (secondary N) is 2. The molecule has 0 aliphatic carbocycles. The van der Waals surface area contributed by atoms with Crippen LogP contribution >= 0.6 is 24.0 Å². The first-order chi connectivity index (χ1) is 11.8. The van der Waals surface area contributed by atoms with E-state index < -0.39 is 36.7 Å². The van der Waals surface area contributed by atoms with Crippen LogP contribution in [0.2, 0.25) is 5.02 Å². The van der Waals surface area contributed by atoms with Crippen molar-refractivity contribution in [3.05, 3.63) is 34.6 Å². The average molecular weight is 412 g/mol. The molecule has 2 aliphatic rings. The van der Waals surface area contributed by atoms with Crippen molar-refractivity contribution in [1.29, 1.82) is 0 Å². The fourth-order valence-corrected chi connectivity index (χ4v) is 3.80. The summed E-state index contributed by atoms with van der Waals surface area (Å²) in [6.45, 7) is 2.98. The van der Waals surface area contributed by atoms with Gasteiger partial charge in [0.2, 0.25) is 5.91 Å². The predicted molar refractivity (Wildman–Crippen MR) is 96.5 cm³/mol. The molecular weight excluding hydrogens is 390 g/mol. The fraction of sp³-hybridized carbons (Fsp3) is 0.588. The monoisotopic (exact) mass is 411 g/mol. The number of carbonyl (C=O) groups excluding carboxylic acids is 1. The zero-order chi connectivity index (χ0) is 18.2. The van der Waals surface area contributed by atoms with Gasteiger partial charge in [-0.3, -0.25) is 15.0 Å². The fourth-order valence-electron chi connectivity index (χ4n) is 3.69. The van der Waals surface area contributed by atoms with Gasteiger partial charge in [-0.2, -0.15) is 0 Å². The third-order valence-corrected chi connectivity index (χ3v) is 5.25. The molecule has 26 heavy (non-hydrogen) atoms. The van der Waals surface area contributed by atoms with E-state index in [0.29, 0.717) is 6.42 Å². The molecule has 2 N–H and O–H groups in total. The van der Waals surface area contributed by atoms with Gasteiger partial charge in [-0.15, -0.1) is 12.4 Å². The maximum atomic E-state index is 13.9. The van der Waals surface area contributed by atoms with E-state index in [4.69, 9.17) is 11.6 Å². The highest BCUT2D eigenvalue weighted by molar-refractivity contribution is 6.30. The standard InChI is InChI=1S/C17H21ClF3N3O.ClH/c1-2-24-6-5-13(15(24)10-3-4-11(18)12(19)7-10)23-16(25)14-8-17(20,21)9-22-14;/h3-4,7,13-15,22H,2,5-6,8-9H2,1H3,(H,23,25);1H. The zero-order valence-corrected chi connectivity index (χ0v) is 15.8. The highest BCUT2D eigenvalue weighted by Gasteiger charge is 2.44. The Bertz CT molecular complexity index is 662. The largest absolute Gasteiger partial charge is 0.350 e. The smallest absolute Gasteiger partial charge is 0.262 e. The summed E-state index contributed by atoms with van der Waals surface area (Å²) in [5, 5.41) is 5.48. The van der Waals surface area contributed by atoms with Gasteiger partial charge >= 0.3 is 0 Å². The third kappa shape index (κ3) is 4.44. The molecule has 146 valence electrons. The van der Waals surface area contributed by atoms with Crippen LogP contribution in [0.1, 0.15) is 31.4 Å². The molecule has 3 unspecified atom stereocenters. The van der Waals surface area contributed by atoms with Crippen LogP contribution in [0.15, 0.2) is 18.2 Å². The first-order valence-electron chi connectivity index (χ1n) is 8.41. The number of hydrogen-bond donors (Lipinski definition) is 2. The molecule has 0 bridgehead atoms. The van der Waals surface area contributed by atoms with Gasteiger partial charge < -0.3 is 5.32 Å². The number of halogens is 5. The van der Waals surface area contributed by atoms with Crippen molar-refractivity contribution < 1.29 is 18.0 Å². The summed E-state index contributed by atoms with van der Waals surface area (Å²) in [5.41, 5.74) is 0.719. The Morgan fingerprint density at radius 2 is 2.19 bits per heavy atom. The van der Waals surface area contributed by atoms with Gasteiger partial charge in [-0.1, -0.05) is 24.6 Å². The molecule has 4 nitrogen and oxygen atoms in total. The SMILES string of the molecule is CCN1CCC(NC(=O)C2CC(F)(F)CN2)C1c1ccc(Cl)c(F)c1.Cl. The average Bonchev–Trinajstić information content (AvgIpc) is 3.13. The maximum Gasteiger partial charge on any atom is 0.262 e. The summed E-state index contributed by atoms with van der Waals surface area (Å²) in [6.07, 6.45) is 0.181. The van der Waals surface area contributed by atoms with E-state index in [1.807, 2.05) is 6.92 Å². The molecular formula is C17H22Cl2F3N3O. The maximum absolute atomic E-state index is 13.9. The molecule has 2 fully saturated rings. The zero-order valence-electron chi connectivity index (χ0n) is 14.3. The van der Waals surface area contributed by atoms with Crippen molar-refractivity contribution >= 4 is 29.9 Å². The van der Waals surface area contributed by atoms with E-state index in [0.717, 1.165) is 18.7 Å². The number of carbonyl (C=O) groups is 1. The van der Waals surface area contributed by atoms with Crippen LogP contribution in [0, 0.1) is 5.82 Å². The van der Waals surface area contributed by atoms with E-state index in [1.165, 1.54) is 12.1 Å². The molecule has 0 spiro atoms. The minimum absolute atomic E-state index is 0. The summed E-state index contributed by atoms with van der Waals surface area (Å²) in [4.78, 5) is 14.5. The lowest BCUT2D eigenvalue weighted by atomic mass is 9.99. The van der Waals surface area contributed by atoms with Gasteiger partial charge in [0, 0.05) is 19.0 Å². The minimum atomic E-state index is -2.86. The number of likely N-dealkylation sites (tertiary alicyclic amines) is 1. The highest BCUT2D eigenvalue weighted by Crippen LogP contribution is 2.34. The van der Waals surface area contributed by atoms with Crippen molar-refractivity contribution in [3.63, 3.8) is 0 Å². The number of amides is 1. The van der Waals surface area contributed by atoms with E-state index in [2.05, 4.69) is 15.5 Å². The summed E-state index contributed by atoms with van der Waals surface area (Å²) in [6, 6.07) is 3.25. The molecule has 2 aliphatic heterocycles. The molecule has 0 saturated carbocycles. The van der Waals surface area contributed by atoms with Crippen LogP contribution in [0.25, 0.3) is 0 Å². The molecule has 1 aromatic carbocycles. The summed E-state index contributed by atoms with van der Waals surface area (Å²) < 4.78 is 40.5.